The lowest BCUT2D eigenvalue weighted by molar-refractivity contribution is -0.161. The molecule has 0 spiro atoms. The van der Waals surface area contributed by atoms with Crippen molar-refractivity contribution in [1.82, 2.24) is 0 Å². The molecule has 0 heterocycles. The zero-order chi connectivity index (χ0) is 68.9. The minimum absolute atomic E-state index is 0.101. The van der Waals surface area contributed by atoms with E-state index >= 15 is 0 Å². The predicted molar refractivity (Wildman–Crippen MR) is 377 cm³/mol. The maximum absolute atomic E-state index is 13.1. The van der Waals surface area contributed by atoms with Crippen LogP contribution in [0.25, 0.3) is 0 Å². The Bertz CT molecular complexity index is 1840. The molecule has 0 fully saturated rings. The SMILES string of the molecule is CCC(C)CCCCCCCCC(=O)OC[C@H](COP(=O)(O)OC[C@H](O)COP(=O)(O)OC[C@@H](COC(=O)CCCCCCCCCCCCC(C)C)OC(=O)CCCCCCCCCCCCCCCCCCCCC(C)C)OC(=O)CCCCCCCCC(C)C. The molecule has 0 bridgehead atoms. The van der Waals surface area contributed by atoms with Crippen LogP contribution >= 0.6 is 15.6 Å². The minimum Gasteiger partial charge on any atom is -0.462 e. The van der Waals surface area contributed by atoms with Gasteiger partial charge < -0.3 is 33.8 Å². The highest BCUT2D eigenvalue weighted by Crippen LogP contribution is 2.45. The van der Waals surface area contributed by atoms with Gasteiger partial charge in [-0.1, -0.05) is 319 Å². The van der Waals surface area contributed by atoms with Gasteiger partial charge in [0.1, 0.15) is 19.3 Å². The van der Waals surface area contributed by atoms with Crippen LogP contribution in [-0.2, 0) is 65.4 Å². The Labute approximate surface area is 568 Å². The van der Waals surface area contributed by atoms with Crippen LogP contribution in [0.4, 0.5) is 0 Å². The second-order valence-corrected chi connectivity index (χ2v) is 31.3. The van der Waals surface area contributed by atoms with Gasteiger partial charge in [-0.15, -0.1) is 0 Å². The van der Waals surface area contributed by atoms with Crippen molar-refractivity contribution >= 4 is 39.5 Å². The van der Waals surface area contributed by atoms with E-state index in [0.717, 1.165) is 114 Å². The van der Waals surface area contributed by atoms with E-state index < -0.39 is 97.5 Å². The fourth-order valence-electron chi connectivity index (χ4n) is 11.2. The summed E-state index contributed by atoms with van der Waals surface area (Å²) in [5.74, 6) is 0.849. The summed E-state index contributed by atoms with van der Waals surface area (Å²) in [7, 11) is -9.91. The van der Waals surface area contributed by atoms with Crippen molar-refractivity contribution in [2.45, 2.75) is 388 Å². The van der Waals surface area contributed by atoms with Crippen molar-refractivity contribution in [1.29, 1.82) is 0 Å². The highest BCUT2D eigenvalue weighted by Gasteiger charge is 2.30. The van der Waals surface area contributed by atoms with Gasteiger partial charge in [-0.05, 0) is 49.4 Å². The number of phosphoric acid groups is 2. The molecule has 3 N–H and O–H groups in total. The lowest BCUT2D eigenvalue weighted by atomic mass is 10.00. The lowest BCUT2D eigenvalue weighted by Gasteiger charge is -2.21. The number of carbonyl (C=O) groups excluding carboxylic acids is 4. The highest BCUT2D eigenvalue weighted by atomic mass is 31.2. The number of esters is 4. The third-order valence-corrected chi connectivity index (χ3v) is 19.3. The molecule has 0 radical (unpaired) electrons. The quantitative estimate of drug-likeness (QED) is 0.0222. The van der Waals surface area contributed by atoms with Crippen LogP contribution in [0.3, 0.4) is 0 Å². The van der Waals surface area contributed by atoms with E-state index in [2.05, 4.69) is 55.4 Å². The lowest BCUT2D eigenvalue weighted by Crippen LogP contribution is -2.30. The largest absolute Gasteiger partial charge is 0.472 e. The number of carbonyl (C=O) groups is 4. The predicted octanol–water partition coefficient (Wildman–Crippen LogP) is 21.3. The topological polar surface area (TPSA) is 237 Å². The summed E-state index contributed by atoms with van der Waals surface area (Å²) in [6.45, 7) is 14.1. The van der Waals surface area contributed by atoms with Gasteiger partial charge in [0.2, 0.25) is 0 Å². The Hall–Kier alpha value is -1.94. The van der Waals surface area contributed by atoms with Crippen LogP contribution in [0.2, 0.25) is 0 Å². The Morgan fingerprint density at radius 2 is 0.516 bits per heavy atom. The number of aliphatic hydroxyl groups excluding tert-OH is 1. The first kappa shape index (κ1) is 91.1. The van der Waals surface area contributed by atoms with Crippen molar-refractivity contribution in [3.63, 3.8) is 0 Å². The maximum Gasteiger partial charge on any atom is 0.472 e. The molecule has 0 rings (SSSR count). The summed E-state index contributed by atoms with van der Waals surface area (Å²) in [5.41, 5.74) is 0. The van der Waals surface area contributed by atoms with E-state index in [-0.39, 0.29) is 25.7 Å². The maximum atomic E-state index is 13.1. The summed E-state index contributed by atoms with van der Waals surface area (Å²) in [5, 5.41) is 10.6. The van der Waals surface area contributed by atoms with Crippen molar-refractivity contribution in [3.05, 3.63) is 0 Å². The Balaban J connectivity index is 5.18. The van der Waals surface area contributed by atoms with Gasteiger partial charge in [0.15, 0.2) is 12.2 Å². The summed E-state index contributed by atoms with van der Waals surface area (Å²) in [6.07, 6.45) is 47.6. The molecule has 0 aliphatic carbocycles. The van der Waals surface area contributed by atoms with Crippen molar-refractivity contribution < 1.29 is 80.2 Å². The molecule has 3 unspecified atom stereocenters. The molecular formula is C74H144O17P2. The van der Waals surface area contributed by atoms with Crippen molar-refractivity contribution in [3.8, 4) is 0 Å². The summed E-state index contributed by atoms with van der Waals surface area (Å²) in [6, 6.07) is 0. The Kier molecular flexibility index (Phi) is 62.2. The van der Waals surface area contributed by atoms with Gasteiger partial charge in [-0.25, -0.2) is 9.13 Å². The molecule has 0 aromatic carbocycles. The van der Waals surface area contributed by atoms with Gasteiger partial charge in [-0.2, -0.15) is 0 Å². The van der Waals surface area contributed by atoms with Crippen LogP contribution in [-0.4, -0.2) is 96.7 Å². The van der Waals surface area contributed by atoms with Crippen LogP contribution in [0.15, 0.2) is 0 Å². The molecule has 0 aliphatic rings. The molecule has 0 aliphatic heterocycles. The second-order valence-electron chi connectivity index (χ2n) is 28.4. The Morgan fingerprint density at radius 1 is 0.301 bits per heavy atom. The van der Waals surface area contributed by atoms with Gasteiger partial charge >= 0.3 is 39.5 Å². The molecule has 19 heteroatoms. The number of hydrogen-bond acceptors (Lipinski definition) is 15. The molecule has 93 heavy (non-hydrogen) atoms. The van der Waals surface area contributed by atoms with Gasteiger partial charge in [0.05, 0.1) is 26.4 Å². The van der Waals surface area contributed by atoms with Gasteiger partial charge in [0.25, 0.3) is 0 Å². The number of phosphoric ester groups is 2. The first-order valence-electron chi connectivity index (χ1n) is 38.2. The number of unbranched alkanes of at least 4 members (excludes halogenated alkanes) is 36. The molecule has 0 aromatic rings. The number of aliphatic hydroxyl groups is 1. The average Bonchev–Trinajstić information content (AvgIpc) is 2.10. The summed E-state index contributed by atoms with van der Waals surface area (Å²) < 4.78 is 68.3. The van der Waals surface area contributed by atoms with E-state index in [4.69, 9.17) is 37.0 Å². The molecule has 0 amide bonds. The van der Waals surface area contributed by atoms with E-state index in [9.17, 15) is 43.2 Å². The standard InChI is InChI=1S/C74H144O17P2/c1-9-67(8)53-45-37-31-33-39-47-55-72(77)85-61-70(91-74(79)57-49-41-32-30-36-44-52-66(6)7)63-89-93(82,83)87-59-68(75)58-86-92(80,81)88-62-69(60-84-71(76)54-46-38-28-24-21-20-23-27-35-43-51-65(4)5)90-73(78)56-48-40-29-25-19-17-15-13-11-10-12-14-16-18-22-26-34-42-50-64(2)3/h64-70,75H,9-63H2,1-8H3,(H,80,81)(H,82,83)/t67?,68-,69-,70-/m1/s1. The fraction of sp³-hybridized carbons (Fsp3) is 0.946. The average molecular weight is 1370 g/mol. The fourth-order valence-corrected chi connectivity index (χ4v) is 12.7. The van der Waals surface area contributed by atoms with E-state index in [1.165, 1.54) is 167 Å². The van der Waals surface area contributed by atoms with Crippen LogP contribution in [0, 0.1) is 23.7 Å². The second kappa shape index (κ2) is 63.5. The van der Waals surface area contributed by atoms with Crippen LogP contribution in [0.5, 0.6) is 0 Å². The monoisotopic (exact) mass is 1370 g/mol. The van der Waals surface area contributed by atoms with Crippen molar-refractivity contribution in [2.75, 3.05) is 39.6 Å². The zero-order valence-corrected chi connectivity index (χ0v) is 62.7. The summed E-state index contributed by atoms with van der Waals surface area (Å²) in [4.78, 5) is 72.6. The number of ether oxygens (including phenoxy) is 4. The van der Waals surface area contributed by atoms with Gasteiger partial charge in [0, 0.05) is 25.7 Å². The third-order valence-electron chi connectivity index (χ3n) is 17.4. The van der Waals surface area contributed by atoms with Crippen LogP contribution in [0.1, 0.15) is 370 Å². The minimum atomic E-state index is -4.96. The number of rotatable bonds is 71. The molecule has 0 aromatic heterocycles. The first-order valence-corrected chi connectivity index (χ1v) is 41.2. The normalized spacial score (nSPS) is 14.5. The molecular weight excluding hydrogens is 1220 g/mol. The van der Waals surface area contributed by atoms with Gasteiger partial charge in [-0.3, -0.25) is 37.3 Å². The summed E-state index contributed by atoms with van der Waals surface area (Å²) >= 11 is 0. The molecule has 0 saturated heterocycles. The Morgan fingerprint density at radius 3 is 0.763 bits per heavy atom. The van der Waals surface area contributed by atoms with Crippen molar-refractivity contribution in [2.24, 2.45) is 23.7 Å². The number of hydrogen-bond donors (Lipinski definition) is 3. The van der Waals surface area contributed by atoms with E-state index in [1.54, 1.807) is 0 Å². The molecule has 552 valence electrons. The molecule has 6 atom stereocenters. The third kappa shape index (κ3) is 67.0. The van der Waals surface area contributed by atoms with E-state index in [0.29, 0.717) is 31.6 Å². The highest BCUT2D eigenvalue weighted by molar-refractivity contribution is 7.47. The first-order chi connectivity index (χ1) is 44.6. The van der Waals surface area contributed by atoms with E-state index in [1.807, 2.05) is 0 Å². The zero-order valence-electron chi connectivity index (χ0n) is 60.9. The molecule has 17 nitrogen and oxygen atoms in total. The molecule has 0 saturated carbocycles. The smallest absolute Gasteiger partial charge is 0.462 e. The van der Waals surface area contributed by atoms with Crippen LogP contribution < -0.4 is 0 Å².